The van der Waals surface area contributed by atoms with Gasteiger partial charge in [0.1, 0.15) is 5.82 Å². The molecular formula is C15H25N3. The van der Waals surface area contributed by atoms with Gasteiger partial charge >= 0.3 is 0 Å². The van der Waals surface area contributed by atoms with E-state index in [9.17, 15) is 0 Å². The first-order valence-electron chi connectivity index (χ1n) is 7.67. The Morgan fingerprint density at radius 1 is 1.28 bits per heavy atom. The highest BCUT2D eigenvalue weighted by Crippen LogP contribution is 2.37. The van der Waals surface area contributed by atoms with Crippen molar-refractivity contribution >= 4 is 5.82 Å². The van der Waals surface area contributed by atoms with Crippen molar-refractivity contribution in [1.29, 1.82) is 0 Å². The van der Waals surface area contributed by atoms with Crippen LogP contribution in [0, 0.1) is 0 Å². The summed E-state index contributed by atoms with van der Waals surface area (Å²) in [7, 11) is 0. The number of rotatable bonds is 3. The third-order valence-electron chi connectivity index (χ3n) is 4.75. The molecule has 1 fully saturated rings. The number of nitrogens with one attached hydrogen (secondary N) is 1. The Bertz CT molecular complexity index is 404. The van der Waals surface area contributed by atoms with Crippen LogP contribution in [0.3, 0.4) is 0 Å². The highest BCUT2D eigenvalue weighted by Gasteiger charge is 2.28. The van der Waals surface area contributed by atoms with Gasteiger partial charge in [0.05, 0.1) is 11.7 Å². The molecule has 0 radical (unpaired) electrons. The molecule has 2 heterocycles. The average molecular weight is 247 g/mol. The number of nitrogens with zero attached hydrogens (tertiary/aromatic N) is 2. The molecule has 1 aliphatic carbocycles. The Morgan fingerprint density at radius 2 is 2.06 bits per heavy atom. The summed E-state index contributed by atoms with van der Waals surface area (Å²) in [5.41, 5.74) is 1.34. The molecule has 1 aromatic rings. The van der Waals surface area contributed by atoms with E-state index < -0.39 is 0 Å². The first-order chi connectivity index (χ1) is 8.81. The molecule has 1 aromatic heterocycles. The summed E-state index contributed by atoms with van der Waals surface area (Å²) in [5.74, 6) is 1.99. The van der Waals surface area contributed by atoms with Crippen molar-refractivity contribution in [3.63, 3.8) is 0 Å². The first kappa shape index (κ1) is 12.1. The maximum atomic E-state index is 4.91. The first-order valence-corrected chi connectivity index (χ1v) is 7.67. The van der Waals surface area contributed by atoms with E-state index >= 15 is 0 Å². The molecule has 100 valence electrons. The van der Waals surface area contributed by atoms with Crippen LogP contribution in [-0.2, 0) is 0 Å². The van der Waals surface area contributed by atoms with Crippen molar-refractivity contribution in [2.45, 2.75) is 76.8 Å². The lowest BCUT2D eigenvalue weighted by atomic mass is 10.0. The van der Waals surface area contributed by atoms with Crippen LogP contribution in [0.2, 0.25) is 0 Å². The SMILES string of the molecule is CCC1CC(CC)n2nc(C3CCCC3)cc2N1. The molecule has 18 heavy (non-hydrogen) atoms. The second-order valence-corrected chi connectivity index (χ2v) is 5.93. The van der Waals surface area contributed by atoms with Gasteiger partial charge in [-0.25, -0.2) is 4.68 Å². The third kappa shape index (κ3) is 2.04. The molecule has 3 rings (SSSR count). The molecule has 0 amide bonds. The topological polar surface area (TPSA) is 29.9 Å². The highest BCUT2D eigenvalue weighted by molar-refractivity contribution is 5.41. The maximum absolute atomic E-state index is 4.91. The van der Waals surface area contributed by atoms with Gasteiger partial charge in [0.2, 0.25) is 0 Å². The molecule has 1 aliphatic heterocycles. The average Bonchev–Trinajstić information content (AvgIpc) is 3.05. The summed E-state index contributed by atoms with van der Waals surface area (Å²) < 4.78 is 2.26. The fourth-order valence-electron chi connectivity index (χ4n) is 3.53. The number of anilines is 1. The minimum Gasteiger partial charge on any atom is -0.367 e. The van der Waals surface area contributed by atoms with Gasteiger partial charge in [-0.05, 0) is 32.1 Å². The molecule has 0 saturated heterocycles. The van der Waals surface area contributed by atoms with E-state index in [-0.39, 0.29) is 0 Å². The number of hydrogen-bond acceptors (Lipinski definition) is 2. The van der Waals surface area contributed by atoms with Gasteiger partial charge < -0.3 is 5.32 Å². The second kappa shape index (κ2) is 4.94. The zero-order valence-electron chi connectivity index (χ0n) is 11.7. The lowest BCUT2D eigenvalue weighted by Crippen LogP contribution is -2.31. The lowest BCUT2D eigenvalue weighted by molar-refractivity contribution is 0.359. The molecule has 2 aliphatic rings. The molecule has 0 spiro atoms. The molecule has 0 bridgehead atoms. The zero-order valence-corrected chi connectivity index (χ0v) is 11.7. The van der Waals surface area contributed by atoms with E-state index in [1.54, 1.807) is 0 Å². The molecule has 1 saturated carbocycles. The third-order valence-corrected chi connectivity index (χ3v) is 4.75. The Morgan fingerprint density at radius 3 is 2.72 bits per heavy atom. The predicted molar refractivity (Wildman–Crippen MR) is 75.1 cm³/mol. The van der Waals surface area contributed by atoms with Crippen LogP contribution in [0.5, 0.6) is 0 Å². The van der Waals surface area contributed by atoms with Crippen molar-refractivity contribution in [2.24, 2.45) is 0 Å². The van der Waals surface area contributed by atoms with E-state index in [1.165, 1.54) is 56.5 Å². The van der Waals surface area contributed by atoms with Crippen LogP contribution in [0.25, 0.3) is 0 Å². The van der Waals surface area contributed by atoms with Gasteiger partial charge in [-0.15, -0.1) is 0 Å². The van der Waals surface area contributed by atoms with Crippen molar-refractivity contribution in [2.75, 3.05) is 5.32 Å². The minimum atomic E-state index is 0.598. The number of hydrogen-bond donors (Lipinski definition) is 1. The van der Waals surface area contributed by atoms with Gasteiger partial charge in [-0.2, -0.15) is 5.10 Å². The Balaban J connectivity index is 1.87. The molecule has 3 nitrogen and oxygen atoms in total. The monoisotopic (exact) mass is 247 g/mol. The van der Waals surface area contributed by atoms with E-state index in [2.05, 4.69) is 29.9 Å². The highest BCUT2D eigenvalue weighted by atomic mass is 15.4. The van der Waals surface area contributed by atoms with Gasteiger partial charge in [-0.1, -0.05) is 26.7 Å². The second-order valence-electron chi connectivity index (χ2n) is 5.93. The summed E-state index contributed by atoms with van der Waals surface area (Å²) in [6, 6.07) is 3.55. The van der Waals surface area contributed by atoms with Crippen LogP contribution in [0.15, 0.2) is 6.07 Å². The quantitative estimate of drug-likeness (QED) is 0.872. The van der Waals surface area contributed by atoms with Gasteiger partial charge in [-0.3, -0.25) is 0 Å². The largest absolute Gasteiger partial charge is 0.367 e. The van der Waals surface area contributed by atoms with Crippen molar-refractivity contribution in [3.05, 3.63) is 11.8 Å². The van der Waals surface area contributed by atoms with Crippen molar-refractivity contribution < 1.29 is 0 Å². The predicted octanol–water partition coefficient (Wildman–Crippen LogP) is 4.09. The van der Waals surface area contributed by atoms with Crippen molar-refractivity contribution in [1.82, 2.24) is 9.78 Å². The van der Waals surface area contributed by atoms with Gasteiger partial charge in [0, 0.05) is 18.0 Å². The molecule has 2 unspecified atom stereocenters. The summed E-state index contributed by atoms with van der Waals surface area (Å²) in [6.45, 7) is 4.55. The lowest BCUT2D eigenvalue weighted by Gasteiger charge is -2.31. The maximum Gasteiger partial charge on any atom is 0.125 e. The summed E-state index contributed by atoms with van der Waals surface area (Å²) in [4.78, 5) is 0. The minimum absolute atomic E-state index is 0.598. The normalized spacial score (nSPS) is 28.1. The standard InChI is InChI=1S/C15H25N3/c1-3-12-9-13(4-2)18-15(16-12)10-14(17-18)11-7-5-6-8-11/h10-13,16H,3-9H2,1-2H3. The van der Waals surface area contributed by atoms with Crippen LogP contribution in [0.1, 0.15) is 76.4 Å². The van der Waals surface area contributed by atoms with Crippen LogP contribution in [0.4, 0.5) is 5.82 Å². The van der Waals surface area contributed by atoms with E-state index in [0.717, 1.165) is 5.92 Å². The smallest absolute Gasteiger partial charge is 0.125 e. The summed E-state index contributed by atoms with van der Waals surface area (Å²) >= 11 is 0. The number of fused-ring (bicyclic) bond motifs is 1. The molecular weight excluding hydrogens is 222 g/mol. The van der Waals surface area contributed by atoms with Crippen LogP contribution >= 0.6 is 0 Å². The van der Waals surface area contributed by atoms with E-state index in [0.29, 0.717) is 12.1 Å². The fraction of sp³-hybridized carbons (Fsp3) is 0.800. The molecule has 3 heteroatoms. The Labute approximate surface area is 110 Å². The fourth-order valence-corrected chi connectivity index (χ4v) is 3.53. The molecule has 1 N–H and O–H groups in total. The summed E-state index contributed by atoms with van der Waals surface area (Å²) in [5, 5.41) is 8.56. The van der Waals surface area contributed by atoms with Crippen LogP contribution in [-0.4, -0.2) is 15.8 Å². The van der Waals surface area contributed by atoms with Crippen molar-refractivity contribution in [3.8, 4) is 0 Å². The molecule has 2 atom stereocenters. The zero-order chi connectivity index (χ0) is 12.5. The van der Waals surface area contributed by atoms with Gasteiger partial charge in [0.25, 0.3) is 0 Å². The Kier molecular flexibility index (Phi) is 3.31. The van der Waals surface area contributed by atoms with Gasteiger partial charge in [0.15, 0.2) is 0 Å². The van der Waals surface area contributed by atoms with E-state index in [1.807, 2.05) is 0 Å². The van der Waals surface area contributed by atoms with Crippen LogP contribution < -0.4 is 5.32 Å². The van der Waals surface area contributed by atoms with E-state index in [4.69, 9.17) is 5.10 Å². The number of aromatic nitrogens is 2. The summed E-state index contributed by atoms with van der Waals surface area (Å²) in [6.07, 6.45) is 9.07. The molecule has 0 aromatic carbocycles. The Hall–Kier alpha value is -0.990.